The summed E-state index contributed by atoms with van der Waals surface area (Å²) in [6.07, 6.45) is 1.94. The normalized spacial score (nSPS) is 18.6. The molecule has 242 valence electrons. The summed E-state index contributed by atoms with van der Waals surface area (Å²) < 4.78 is 60.9. The molecule has 1 amide bonds. The number of carbonyl (C=O) groups is 1. The standard InChI is InChI=1S/C31H39F2N7O4S/c1-20(2)38-9-11-39(12-10-38)24-3-4-26(29(18-24)34-23-6-13-44-14-7-23)31(41)35-30-27-19-40(8-5-28(27)36-37-30)45(42,43)25-16-21(32)15-22(33)17-25/h3-4,15-18,20,23,34H,5-14,19H2,1-2H3,(H2,35,36,37,41). The highest BCUT2D eigenvalue weighted by Gasteiger charge is 2.32. The third-order valence-corrected chi connectivity index (χ3v) is 10.7. The van der Waals surface area contributed by atoms with Gasteiger partial charge in [-0.05, 0) is 57.0 Å². The van der Waals surface area contributed by atoms with Crippen molar-refractivity contribution in [3.05, 3.63) is 64.9 Å². The van der Waals surface area contributed by atoms with E-state index in [0.717, 1.165) is 61.1 Å². The van der Waals surface area contributed by atoms with Crippen LogP contribution in [0, 0.1) is 11.6 Å². The topological polar surface area (TPSA) is 123 Å². The second kappa shape index (κ2) is 13.0. The monoisotopic (exact) mass is 643 g/mol. The molecule has 3 aromatic rings. The van der Waals surface area contributed by atoms with E-state index in [9.17, 15) is 22.0 Å². The van der Waals surface area contributed by atoms with Crippen molar-refractivity contribution in [3.63, 3.8) is 0 Å². The van der Waals surface area contributed by atoms with Gasteiger partial charge in [-0.1, -0.05) is 0 Å². The fraction of sp³-hybridized carbons (Fsp3) is 0.484. The number of aromatic amines is 1. The van der Waals surface area contributed by atoms with Crippen LogP contribution in [0.1, 0.15) is 48.3 Å². The van der Waals surface area contributed by atoms with Crippen LogP contribution in [0.5, 0.6) is 0 Å². The second-order valence-corrected chi connectivity index (χ2v) is 14.0. The molecule has 0 bridgehead atoms. The quantitative estimate of drug-likeness (QED) is 0.339. The molecule has 3 aliphatic rings. The zero-order valence-corrected chi connectivity index (χ0v) is 26.3. The molecule has 0 spiro atoms. The molecule has 1 aromatic heterocycles. The Morgan fingerprint density at radius 2 is 1.73 bits per heavy atom. The first-order valence-electron chi connectivity index (χ1n) is 15.4. The molecule has 6 rings (SSSR count). The first-order chi connectivity index (χ1) is 21.6. The highest BCUT2D eigenvalue weighted by atomic mass is 32.2. The summed E-state index contributed by atoms with van der Waals surface area (Å²) >= 11 is 0. The molecule has 2 aromatic carbocycles. The van der Waals surface area contributed by atoms with E-state index >= 15 is 0 Å². The van der Waals surface area contributed by atoms with E-state index in [2.05, 4.69) is 44.5 Å². The van der Waals surface area contributed by atoms with Crippen molar-refractivity contribution in [3.8, 4) is 0 Å². The summed E-state index contributed by atoms with van der Waals surface area (Å²) in [4.78, 5) is 18.1. The Hall–Kier alpha value is -3.59. The van der Waals surface area contributed by atoms with Gasteiger partial charge in [0, 0.05) is 99.7 Å². The number of sulfonamides is 1. The molecule has 2 saturated heterocycles. The lowest BCUT2D eigenvalue weighted by Gasteiger charge is -2.38. The largest absolute Gasteiger partial charge is 0.381 e. The highest BCUT2D eigenvalue weighted by molar-refractivity contribution is 7.89. The minimum Gasteiger partial charge on any atom is -0.381 e. The van der Waals surface area contributed by atoms with Crippen LogP contribution in [-0.4, -0.2) is 91.7 Å². The van der Waals surface area contributed by atoms with Gasteiger partial charge in [-0.15, -0.1) is 0 Å². The average molecular weight is 644 g/mol. The number of hydrogen-bond acceptors (Lipinski definition) is 8. The van der Waals surface area contributed by atoms with Gasteiger partial charge >= 0.3 is 0 Å². The first kappa shape index (κ1) is 31.4. The van der Waals surface area contributed by atoms with Gasteiger partial charge in [0.2, 0.25) is 10.0 Å². The maximum Gasteiger partial charge on any atom is 0.258 e. The number of fused-ring (bicyclic) bond motifs is 1. The maximum atomic E-state index is 13.8. The van der Waals surface area contributed by atoms with E-state index in [1.165, 1.54) is 0 Å². The van der Waals surface area contributed by atoms with Crippen LogP contribution in [0.4, 0.5) is 26.0 Å². The number of piperazine rings is 1. The average Bonchev–Trinajstić information content (AvgIpc) is 3.43. The van der Waals surface area contributed by atoms with E-state index in [1.807, 2.05) is 18.2 Å². The molecule has 2 fully saturated rings. The van der Waals surface area contributed by atoms with Crippen molar-refractivity contribution in [2.75, 3.05) is 61.5 Å². The van der Waals surface area contributed by atoms with Gasteiger partial charge in [0.1, 0.15) is 11.6 Å². The molecule has 0 saturated carbocycles. The Morgan fingerprint density at radius 3 is 2.42 bits per heavy atom. The van der Waals surface area contributed by atoms with Gasteiger partial charge in [0.05, 0.1) is 10.5 Å². The number of rotatable bonds is 8. The van der Waals surface area contributed by atoms with E-state index < -0.39 is 26.6 Å². The van der Waals surface area contributed by atoms with Crippen LogP contribution >= 0.6 is 0 Å². The molecule has 11 nitrogen and oxygen atoms in total. The molecule has 3 N–H and O–H groups in total. The van der Waals surface area contributed by atoms with Crippen LogP contribution < -0.4 is 15.5 Å². The van der Waals surface area contributed by atoms with Gasteiger partial charge < -0.3 is 20.3 Å². The summed E-state index contributed by atoms with van der Waals surface area (Å²) in [6, 6.07) is 8.68. The number of nitrogens with one attached hydrogen (secondary N) is 3. The number of halogens is 2. The van der Waals surface area contributed by atoms with Crippen LogP contribution in [-0.2, 0) is 27.7 Å². The second-order valence-electron chi connectivity index (χ2n) is 12.1. The Morgan fingerprint density at radius 1 is 1.02 bits per heavy atom. The van der Waals surface area contributed by atoms with Crippen LogP contribution in [0.3, 0.4) is 0 Å². The Labute approximate surface area is 262 Å². The minimum absolute atomic E-state index is 0.0924. The van der Waals surface area contributed by atoms with Crippen LogP contribution in [0.15, 0.2) is 41.3 Å². The molecule has 14 heteroatoms. The summed E-state index contributed by atoms with van der Waals surface area (Å²) in [5.74, 6) is -2.12. The first-order valence-corrected chi connectivity index (χ1v) is 16.8. The molecular formula is C31H39F2N7O4S. The van der Waals surface area contributed by atoms with Crippen LogP contribution in [0.25, 0.3) is 0 Å². The van der Waals surface area contributed by atoms with Crippen molar-refractivity contribution in [1.82, 2.24) is 19.4 Å². The SMILES string of the molecule is CC(C)N1CCN(c2ccc(C(=O)Nc3n[nH]c4c3CN(S(=O)(=O)c3cc(F)cc(F)c3)CC4)c(NC3CCOCC3)c2)CC1. The number of anilines is 3. The van der Waals surface area contributed by atoms with Crippen molar-refractivity contribution < 1.29 is 26.7 Å². The summed E-state index contributed by atoms with van der Waals surface area (Å²) in [7, 11) is -4.20. The molecule has 45 heavy (non-hydrogen) atoms. The van der Waals surface area contributed by atoms with Gasteiger partial charge in [-0.3, -0.25) is 14.8 Å². The zero-order valence-electron chi connectivity index (χ0n) is 25.5. The van der Waals surface area contributed by atoms with Gasteiger partial charge in [0.15, 0.2) is 5.82 Å². The summed E-state index contributed by atoms with van der Waals surface area (Å²) in [5.41, 5.74) is 3.40. The number of benzene rings is 2. The molecule has 3 aliphatic heterocycles. The van der Waals surface area contributed by atoms with E-state index in [1.54, 1.807) is 0 Å². The number of nitrogens with zero attached hydrogens (tertiary/aromatic N) is 4. The van der Waals surface area contributed by atoms with E-state index in [-0.39, 0.29) is 30.9 Å². The molecule has 0 radical (unpaired) electrons. The number of ether oxygens (including phenoxy) is 1. The lowest BCUT2D eigenvalue weighted by molar-refractivity contribution is 0.0904. The predicted molar refractivity (Wildman–Crippen MR) is 167 cm³/mol. The summed E-state index contributed by atoms with van der Waals surface area (Å²) in [6.45, 7) is 9.40. The van der Waals surface area contributed by atoms with E-state index in [0.29, 0.717) is 54.3 Å². The number of hydrogen-bond donors (Lipinski definition) is 3. The maximum absolute atomic E-state index is 13.8. The fourth-order valence-electron chi connectivity index (χ4n) is 6.18. The van der Waals surface area contributed by atoms with Crippen molar-refractivity contribution >= 4 is 33.1 Å². The lowest BCUT2D eigenvalue weighted by atomic mass is 10.0. The number of amides is 1. The third kappa shape index (κ3) is 6.83. The lowest BCUT2D eigenvalue weighted by Crippen LogP contribution is -2.48. The number of H-pyrrole nitrogens is 1. The minimum atomic E-state index is -4.20. The molecule has 0 aliphatic carbocycles. The Kier molecular flexibility index (Phi) is 9.09. The van der Waals surface area contributed by atoms with Crippen LogP contribution in [0.2, 0.25) is 0 Å². The molecule has 4 heterocycles. The third-order valence-electron chi connectivity index (χ3n) is 8.84. The van der Waals surface area contributed by atoms with Gasteiger partial charge in [-0.2, -0.15) is 9.40 Å². The fourth-order valence-corrected chi connectivity index (χ4v) is 7.64. The number of aromatic nitrogens is 2. The molecule has 0 atom stereocenters. The molecule has 0 unspecified atom stereocenters. The zero-order chi connectivity index (χ0) is 31.7. The Balaban J connectivity index is 1.23. The van der Waals surface area contributed by atoms with Crippen molar-refractivity contribution in [2.24, 2.45) is 0 Å². The van der Waals surface area contributed by atoms with Gasteiger partial charge in [-0.25, -0.2) is 17.2 Å². The predicted octanol–water partition coefficient (Wildman–Crippen LogP) is 3.81. The van der Waals surface area contributed by atoms with Crippen molar-refractivity contribution in [2.45, 2.75) is 56.6 Å². The molecular weight excluding hydrogens is 604 g/mol. The number of carbonyl (C=O) groups excluding carboxylic acids is 1. The highest BCUT2D eigenvalue weighted by Crippen LogP contribution is 2.31. The van der Waals surface area contributed by atoms with E-state index in [4.69, 9.17) is 4.74 Å². The Bertz CT molecular complexity index is 1630. The van der Waals surface area contributed by atoms with Crippen molar-refractivity contribution in [1.29, 1.82) is 0 Å². The smallest absolute Gasteiger partial charge is 0.258 e. The van der Waals surface area contributed by atoms with Gasteiger partial charge in [0.25, 0.3) is 5.91 Å². The summed E-state index contributed by atoms with van der Waals surface area (Å²) in [5, 5.41) is 13.7.